The molecule has 4 amide bonds. The Kier molecular flexibility index (Phi) is 6.59. The van der Waals surface area contributed by atoms with Gasteiger partial charge in [-0.25, -0.2) is 0 Å². The minimum absolute atomic E-state index is 0.0232. The number of para-hydroxylation sites is 1. The molecule has 0 radical (unpaired) electrons. The Bertz CT molecular complexity index is 1280. The average Bonchev–Trinajstić information content (AvgIpc) is 3.19. The third kappa shape index (κ3) is 3.61. The molecule has 2 aliphatic carbocycles. The van der Waals surface area contributed by atoms with E-state index in [1.807, 2.05) is 6.08 Å². The van der Waals surface area contributed by atoms with Crippen molar-refractivity contribution >= 4 is 52.8 Å². The molecule has 202 valence electrons. The summed E-state index contributed by atoms with van der Waals surface area (Å²) in [6, 6.07) is 6.39. The molecule has 1 aromatic rings. The number of nitrogens with zero attached hydrogens (tertiary/aromatic N) is 2. The van der Waals surface area contributed by atoms with Crippen molar-refractivity contribution in [3.63, 3.8) is 0 Å². The van der Waals surface area contributed by atoms with E-state index in [9.17, 15) is 29.1 Å². The number of hydrogen-bond donors (Lipinski definition) is 2. The number of imide groups is 2. The molecule has 4 aliphatic rings. The topological polar surface area (TPSA) is 132 Å². The number of carboxylic acids is 1. The van der Waals surface area contributed by atoms with E-state index < -0.39 is 51.2 Å². The van der Waals surface area contributed by atoms with Crippen LogP contribution in [0.3, 0.4) is 0 Å². The third-order valence-electron chi connectivity index (χ3n) is 8.63. The Morgan fingerprint density at radius 3 is 2.42 bits per heavy atom. The van der Waals surface area contributed by atoms with Gasteiger partial charge < -0.3 is 10.2 Å². The summed E-state index contributed by atoms with van der Waals surface area (Å²) in [5.74, 6) is -6.06. The number of aliphatic carboxylic acids is 1. The molecule has 0 aromatic heterocycles. The first-order valence-electron chi connectivity index (χ1n) is 12.7. The number of carbonyl (C=O) groups is 5. The molecule has 1 aromatic carbocycles. The summed E-state index contributed by atoms with van der Waals surface area (Å²) in [7, 11) is 1.32. The van der Waals surface area contributed by atoms with Crippen LogP contribution in [-0.4, -0.2) is 73.0 Å². The van der Waals surface area contributed by atoms with Gasteiger partial charge in [-0.05, 0) is 37.7 Å². The highest BCUT2D eigenvalue weighted by atomic mass is 35.5. The molecule has 2 aliphatic heterocycles. The molecule has 0 bridgehead atoms. The van der Waals surface area contributed by atoms with E-state index in [2.05, 4.69) is 0 Å². The summed E-state index contributed by atoms with van der Waals surface area (Å²) in [6.45, 7) is 0.181. The van der Waals surface area contributed by atoms with Crippen LogP contribution in [0.5, 0.6) is 5.75 Å². The van der Waals surface area contributed by atoms with E-state index in [1.54, 1.807) is 18.2 Å². The number of alkyl halides is 2. The summed E-state index contributed by atoms with van der Waals surface area (Å²) in [6.07, 6.45) is 3.49. The van der Waals surface area contributed by atoms with Gasteiger partial charge in [-0.15, -0.1) is 23.2 Å². The molecule has 38 heavy (non-hydrogen) atoms. The Balaban J connectivity index is 1.52. The highest BCUT2D eigenvalue weighted by molar-refractivity contribution is 6.53. The van der Waals surface area contributed by atoms with Gasteiger partial charge in [-0.2, -0.15) is 0 Å². The number of phenols is 1. The first-order chi connectivity index (χ1) is 17.9. The summed E-state index contributed by atoms with van der Waals surface area (Å²) in [5.41, 5.74) is 0.949. The zero-order chi connectivity index (χ0) is 27.6. The molecule has 6 atom stereocenters. The first-order valence-corrected chi connectivity index (χ1v) is 13.5. The van der Waals surface area contributed by atoms with Crippen molar-refractivity contribution in [3.05, 3.63) is 41.5 Å². The number of amides is 4. The number of fused-ring (bicyclic) bond motifs is 4. The summed E-state index contributed by atoms with van der Waals surface area (Å²) < 4.78 is 0. The fourth-order valence-electron chi connectivity index (χ4n) is 6.83. The van der Waals surface area contributed by atoms with Gasteiger partial charge in [0.2, 0.25) is 11.8 Å². The van der Waals surface area contributed by atoms with Gasteiger partial charge in [0, 0.05) is 31.5 Å². The molecule has 11 heteroatoms. The smallest absolute Gasteiger partial charge is 0.303 e. The van der Waals surface area contributed by atoms with Crippen LogP contribution in [0.4, 0.5) is 0 Å². The molecule has 2 N–H and O–H groups in total. The molecule has 5 rings (SSSR count). The van der Waals surface area contributed by atoms with Gasteiger partial charge in [0.25, 0.3) is 11.8 Å². The second kappa shape index (κ2) is 9.38. The fraction of sp³-hybridized carbons (Fsp3) is 0.519. The summed E-state index contributed by atoms with van der Waals surface area (Å²) >= 11 is 14.1. The first kappa shape index (κ1) is 26.7. The number of halogens is 2. The number of phenolic OH excluding ortho intramolecular Hbond substituents is 1. The van der Waals surface area contributed by atoms with Crippen LogP contribution in [0.1, 0.15) is 50.0 Å². The van der Waals surface area contributed by atoms with Crippen LogP contribution >= 0.6 is 23.2 Å². The van der Waals surface area contributed by atoms with Crippen LogP contribution in [0, 0.1) is 17.8 Å². The molecule has 9 nitrogen and oxygen atoms in total. The molecule has 2 saturated heterocycles. The van der Waals surface area contributed by atoms with Gasteiger partial charge in [0.15, 0.2) is 9.75 Å². The number of rotatable bonds is 7. The zero-order valence-electron chi connectivity index (χ0n) is 20.7. The van der Waals surface area contributed by atoms with Crippen LogP contribution < -0.4 is 0 Å². The number of carbonyl (C=O) groups excluding carboxylic acids is 4. The number of benzene rings is 1. The highest BCUT2D eigenvalue weighted by Crippen LogP contribution is 2.65. The average molecular weight is 563 g/mol. The van der Waals surface area contributed by atoms with Gasteiger partial charge in [0.1, 0.15) is 5.75 Å². The standard InChI is InChI=1S/C27H28Cl2N2O7/c1-30-24(37)26(28)13-17-14(21(27(26,29)25(30)38)15-7-4-5-8-18(15)32)10-11-16-20(17)23(36)31(22(16)35)12-6-2-3-9-19(33)34/h4-5,7-8,10,16-17,20-21,32H,2-3,6,9,11-13H2,1H3,(H,33,34)/t16-,17+,20-,21+,26+,27-/m0/s1. The largest absolute Gasteiger partial charge is 0.508 e. The van der Waals surface area contributed by atoms with Crippen molar-refractivity contribution in [2.24, 2.45) is 17.8 Å². The number of allylic oxidation sites excluding steroid dienone is 2. The molecule has 0 unspecified atom stereocenters. The van der Waals surface area contributed by atoms with Crippen molar-refractivity contribution < 1.29 is 34.2 Å². The van der Waals surface area contributed by atoms with Gasteiger partial charge in [0.05, 0.1) is 11.8 Å². The van der Waals surface area contributed by atoms with Crippen molar-refractivity contribution in [1.82, 2.24) is 9.80 Å². The quantitative estimate of drug-likeness (QED) is 0.226. The lowest BCUT2D eigenvalue weighted by atomic mass is 9.56. The van der Waals surface area contributed by atoms with E-state index >= 15 is 0 Å². The monoisotopic (exact) mass is 562 g/mol. The van der Waals surface area contributed by atoms with Gasteiger partial charge >= 0.3 is 5.97 Å². The predicted molar refractivity (Wildman–Crippen MR) is 136 cm³/mol. The Morgan fingerprint density at radius 2 is 1.74 bits per heavy atom. The van der Waals surface area contributed by atoms with E-state index in [1.165, 1.54) is 18.0 Å². The van der Waals surface area contributed by atoms with E-state index in [-0.39, 0.29) is 43.4 Å². The minimum Gasteiger partial charge on any atom is -0.508 e. The SMILES string of the molecule is CN1C(=O)[C@]2(Cl)C[C@@H]3C(=CC[C@@H]4C(=O)N(CCCCCC(=O)O)C(=O)[C@@H]43)[C@H](c3ccccc3O)[C@]2(Cl)C1=O. The van der Waals surface area contributed by atoms with Crippen molar-refractivity contribution in [2.45, 2.75) is 54.2 Å². The highest BCUT2D eigenvalue weighted by Gasteiger charge is 2.76. The maximum Gasteiger partial charge on any atom is 0.303 e. The molecule has 1 saturated carbocycles. The summed E-state index contributed by atoms with van der Waals surface area (Å²) in [5, 5.41) is 19.6. The second-order valence-corrected chi connectivity index (χ2v) is 11.8. The third-order valence-corrected chi connectivity index (χ3v) is 10.0. The van der Waals surface area contributed by atoms with E-state index in [0.717, 1.165) is 4.90 Å². The molecule has 0 spiro atoms. The molecular weight excluding hydrogens is 535 g/mol. The Morgan fingerprint density at radius 1 is 1.03 bits per heavy atom. The lowest BCUT2D eigenvalue weighted by molar-refractivity contribution is -0.141. The maximum absolute atomic E-state index is 13.7. The fourth-order valence-corrected chi connectivity index (χ4v) is 7.84. The van der Waals surface area contributed by atoms with Crippen LogP contribution in [0.25, 0.3) is 0 Å². The lowest BCUT2D eigenvalue weighted by Crippen LogP contribution is -2.60. The maximum atomic E-state index is 13.7. The number of likely N-dealkylation sites (tertiary alicyclic amines) is 2. The van der Waals surface area contributed by atoms with Gasteiger partial charge in [-0.1, -0.05) is 36.3 Å². The Labute approximate surface area is 229 Å². The second-order valence-electron chi connectivity index (χ2n) is 10.6. The van der Waals surface area contributed by atoms with E-state index in [0.29, 0.717) is 30.4 Å². The van der Waals surface area contributed by atoms with Crippen molar-refractivity contribution in [3.8, 4) is 5.75 Å². The number of carboxylic acid groups (broad SMARTS) is 1. The van der Waals surface area contributed by atoms with Gasteiger partial charge in [-0.3, -0.25) is 33.8 Å². The number of aromatic hydroxyl groups is 1. The van der Waals surface area contributed by atoms with E-state index in [4.69, 9.17) is 28.3 Å². The summed E-state index contributed by atoms with van der Waals surface area (Å²) in [4.78, 5) is 62.9. The number of hydrogen-bond acceptors (Lipinski definition) is 6. The molecule has 2 heterocycles. The van der Waals surface area contributed by atoms with Crippen LogP contribution in [-0.2, 0) is 24.0 Å². The zero-order valence-corrected chi connectivity index (χ0v) is 22.2. The number of unbranched alkanes of at least 4 members (excludes halogenated alkanes) is 2. The predicted octanol–water partition coefficient (Wildman–Crippen LogP) is 3.03. The molecule has 3 fully saturated rings. The van der Waals surface area contributed by atoms with Crippen molar-refractivity contribution in [2.75, 3.05) is 13.6 Å². The van der Waals surface area contributed by atoms with Crippen LogP contribution in [0.15, 0.2) is 35.9 Å². The molecular formula is C27H28Cl2N2O7. The minimum atomic E-state index is -1.93. The van der Waals surface area contributed by atoms with Crippen LogP contribution in [0.2, 0.25) is 0 Å². The van der Waals surface area contributed by atoms with Crippen molar-refractivity contribution in [1.29, 1.82) is 0 Å². The lowest BCUT2D eigenvalue weighted by Gasteiger charge is -2.50. The Hall–Kier alpha value is -2.91. The normalized spacial score (nSPS) is 34.2.